The van der Waals surface area contributed by atoms with Crippen molar-refractivity contribution in [1.82, 2.24) is 20.6 Å². The molecular weight excluding hydrogens is 304 g/mol. The lowest BCUT2D eigenvalue weighted by Crippen LogP contribution is -2.37. The molecule has 2 heterocycles. The molecule has 3 N–H and O–H groups in total. The van der Waals surface area contributed by atoms with Crippen LogP contribution in [-0.4, -0.2) is 28.3 Å². The summed E-state index contributed by atoms with van der Waals surface area (Å²) in [4.78, 5) is 30.9. The van der Waals surface area contributed by atoms with E-state index in [0.29, 0.717) is 6.54 Å². The molecule has 2 amide bonds. The number of nitrogens with zero attached hydrogens (tertiary/aromatic N) is 1. The minimum Gasteiger partial charge on any atom is -0.361 e. The summed E-state index contributed by atoms with van der Waals surface area (Å²) in [6.45, 7) is 0.354. The number of aromatic amines is 1. The molecule has 0 spiro atoms. The average Bonchev–Trinajstić information content (AvgIpc) is 3.02. The molecule has 0 aliphatic heterocycles. The highest BCUT2D eigenvalue weighted by atomic mass is 16.2. The molecule has 6 heteroatoms. The van der Waals surface area contributed by atoms with Crippen LogP contribution < -0.4 is 10.6 Å². The molecule has 24 heavy (non-hydrogen) atoms. The lowest BCUT2D eigenvalue weighted by Gasteiger charge is -2.07. The highest BCUT2D eigenvalue weighted by molar-refractivity contribution is 5.90. The van der Waals surface area contributed by atoms with Crippen LogP contribution in [0.5, 0.6) is 0 Å². The Bertz CT molecular complexity index is 842. The fourth-order valence-electron chi connectivity index (χ4n) is 2.46. The highest BCUT2D eigenvalue weighted by Crippen LogP contribution is 2.17. The van der Waals surface area contributed by atoms with Crippen molar-refractivity contribution >= 4 is 22.7 Å². The van der Waals surface area contributed by atoms with E-state index < -0.39 is 0 Å². The Labute approximate surface area is 139 Å². The Morgan fingerprint density at radius 1 is 1.04 bits per heavy atom. The quantitative estimate of drug-likeness (QED) is 0.643. The lowest BCUT2D eigenvalue weighted by molar-refractivity contribution is -0.125. The maximum Gasteiger partial charge on any atom is 0.239 e. The summed E-state index contributed by atoms with van der Waals surface area (Å²) in [7, 11) is 0. The molecule has 3 aromatic rings. The van der Waals surface area contributed by atoms with Crippen molar-refractivity contribution < 1.29 is 9.59 Å². The Hall–Kier alpha value is -3.15. The van der Waals surface area contributed by atoms with Crippen LogP contribution in [0.2, 0.25) is 0 Å². The summed E-state index contributed by atoms with van der Waals surface area (Å²) in [5.41, 5.74) is 2.82. The number of pyridine rings is 1. The van der Waals surface area contributed by atoms with Crippen LogP contribution in [0.1, 0.15) is 11.1 Å². The topological polar surface area (TPSA) is 86.9 Å². The average molecular weight is 322 g/mol. The van der Waals surface area contributed by atoms with Crippen LogP contribution in [0.15, 0.2) is 55.0 Å². The number of carbonyl (C=O) groups excluding carboxylic acids is 2. The van der Waals surface area contributed by atoms with Crippen LogP contribution in [0, 0.1) is 0 Å². The molecule has 0 aliphatic rings. The zero-order valence-corrected chi connectivity index (χ0v) is 13.1. The van der Waals surface area contributed by atoms with E-state index >= 15 is 0 Å². The predicted octanol–water partition coefficient (Wildman–Crippen LogP) is 1.54. The number of para-hydroxylation sites is 1. The first kappa shape index (κ1) is 15.7. The molecule has 0 unspecified atom stereocenters. The normalized spacial score (nSPS) is 10.5. The molecule has 0 bridgehead atoms. The van der Waals surface area contributed by atoms with Gasteiger partial charge in [-0.25, -0.2) is 0 Å². The van der Waals surface area contributed by atoms with E-state index in [-0.39, 0.29) is 24.8 Å². The van der Waals surface area contributed by atoms with Gasteiger partial charge in [0.2, 0.25) is 11.8 Å². The van der Waals surface area contributed by atoms with E-state index in [2.05, 4.69) is 20.6 Å². The number of benzene rings is 1. The first-order chi connectivity index (χ1) is 11.7. The van der Waals surface area contributed by atoms with Gasteiger partial charge in [0.15, 0.2) is 0 Å². The summed E-state index contributed by atoms with van der Waals surface area (Å²) < 4.78 is 0. The van der Waals surface area contributed by atoms with Crippen molar-refractivity contribution in [3.63, 3.8) is 0 Å². The van der Waals surface area contributed by atoms with Crippen molar-refractivity contribution in [2.24, 2.45) is 0 Å². The minimum absolute atomic E-state index is 0.0402. The van der Waals surface area contributed by atoms with E-state index in [1.807, 2.05) is 42.6 Å². The molecule has 122 valence electrons. The molecule has 0 radical (unpaired) electrons. The number of rotatable bonds is 6. The number of H-pyrrole nitrogens is 1. The largest absolute Gasteiger partial charge is 0.361 e. The van der Waals surface area contributed by atoms with Crippen molar-refractivity contribution in [1.29, 1.82) is 0 Å². The van der Waals surface area contributed by atoms with Gasteiger partial charge in [0.05, 0.1) is 13.0 Å². The number of aromatic nitrogens is 2. The van der Waals surface area contributed by atoms with Crippen LogP contribution in [0.25, 0.3) is 10.9 Å². The molecule has 0 fully saturated rings. The van der Waals surface area contributed by atoms with Crippen LogP contribution in [-0.2, 0) is 22.6 Å². The number of amides is 2. The Morgan fingerprint density at radius 2 is 1.92 bits per heavy atom. The van der Waals surface area contributed by atoms with Crippen molar-refractivity contribution in [2.75, 3.05) is 6.54 Å². The number of nitrogens with one attached hydrogen (secondary N) is 3. The fraction of sp³-hybridized carbons (Fsp3) is 0.167. The van der Waals surface area contributed by atoms with Crippen molar-refractivity contribution in [3.05, 3.63) is 66.1 Å². The highest BCUT2D eigenvalue weighted by Gasteiger charge is 2.10. The zero-order chi connectivity index (χ0) is 16.8. The summed E-state index contributed by atoms with van der Waals surface area (Å²) >= 11 is 0. The van der Waals surface area contributed by atoms with Crippen LogP contribution in [0.3, 0.4) is 0 Å². The van der Waals surface area contributed by atoms with Gasteiger partial charge in [-0.2, -0.15) is 0 Å². The number of carbonyl (C=O) groups is 2. The van der Waals surface area contributed by atoms with Gasteiger partial charge >= 0.3 is 0 Å². The molecule has 0 atom stereocenters. The van der Waals surface area contributed by atoms with Crippen LogP contribution >= 0.6 is 0 Å². The fourth-order valence-corrected chi connectivity index (χ4v) is 2.46. The second-order valence-electron chi connectivity index (χ2n) is 5.45. The van der Waals surface area contributed by atoms with Crippen molar-refractivity contribution in [3.8, 4) is 0 Å². The number of fused-ring (bicyclic) bond motifs is 1. The third-order valence-corrected chi connectivity index (χ3v) is 3.68. The summed E-state index contributed by atoms with van der Waals surface area (Å²) in [5.74, 6) is -0.414. The Kier molecular flexibility index (Phi) is 4.86. The van der Waals surface area contributed by atoms with E-state index in [1.54, 1.807) is 12.4 Å². The van der Waals surface area contributed by atoms with E-state index in [0.717, 1.165) is 22.0 Å². The number of hydrogen-bond acceptors (Lipinski definition) is 3. The maximum atomic E-state index is 12.0. The van der Waals surface area contributed by atoms with E-state index in [4.69, 9.17) is 0 Å². The first-order valence-electron chi connectivity index (χ1n) is 7.69. The standard InChI is InChI=1S/C18H18N4O2/c23-17(8-14-11-20-16-6-2-1-5-15(14)16)22-12-18(24)21-10-13-4-3-7-19-9-13/h1-7,9,11,20H,8,10,12H2,(H,21,24)(H,22,23). The Balaban J connectivity index is 1.46. The van der Waals surface area contributed by atoms with Gasteiger partial charge in [-0.3, -0.25) is 14.6 Å². The van der Waals surface area contributed by atoms with Crippen LogP contribution in [0.4, 0.5) is 0 Å². The van der Waals surface area contributed by atoms with E-state index in [1.165, 1.54) is 0 Å². The monoisotopic (exact) mass is 322 g/mol. The third kappa shape index (κ3) is 3.98. The minimum atomic E-state index is -0.230. The second-order valence-corrected chi connectivity index (χ2v) is 5.45. The maximum absolute atomic E-state index is 12.0. The predicted molar refractivity (Wildman–Crippen MR) is 91.1 cm³/mol. The molecule has 0 saturated carbocycles. The van der Waals surface area contributed by atoms with E-state index in [9.17, 15) is 9.59 Å². The first-order valence-corrected chi connectivity index (χ1v) is 7.69. The molecule has 6 nitrogen and oxygen atoms in total. The zero-order valence-electron chi connectivity index (χ0n) is 13.1. The van der Waals surface area contributed by atoms with Gasteiger partial charge in [0.1, 0.15) is 0 Å². The molecule has 1 aromatic carbocycles. The summed E-state index contributed by atoms with van der Waals surface area (Å²) in [5, 5.41) is 6.41. The third-order valence-electron chi connectivity index (χ3n) is 3.68. The summed E-state index contributed by atoms with van der Waals surface area (Å²) in [6, 6.07) is 11.5. The SMILES string of the molecule is O=C(CNC(=O)Cc1c[nH]c2ccccc12)NCc1cccnc1. The van der Waals surface area contributed by atoms with Gasteiger partial charge in [-0.15, -0.1) is 0 Å². The van der Waals surface area contributed by atoms with Gasteiger partial charge in [-0.1, -0.05) is 24.3 Å². The molecule has 2 aromatic heterocycles. The number of hydrogen-bond donors (Lipinski definition) is 3. The van der Waals surface area contributed by atoms with Crippen molar-refractivity contribution in [2.45, 2.75) is 13.0 Å². The molecule has 0 aliphatic carbocycles. The van der Waals surface area contributed by atoms with Gasteiger partial charge in [0, 0.05) is 36.0 Å². The smallest absolute Gasteiger partial charge is 0.239 e. The van der Waals surface area contributed by atoms with Gasteiger partial charge in [0.25, 0.3) is 0 Å². The van der Waals surface area contributed by atoms with Gasteiger partial charge in [-0.05, 0) is 23.3 Å². The van der Waals surface area contributed by atoms with Gasteiger partial charge < -0.3 is 15.6 Å². The molecular formula is C18H18N4O2. The second kappa shape index (κ2) is 7.41. The molecule has 0 saturated heterocycles. The molecule has 3 rings (SSSR count). The summed E-state index contributed by atoms with van der Waals surface area (Å²) in [6.07, 6.45) is 5.43. The lowest BCUT2D eigenvalue weighted by atomic mass is 10.1. The Morgan fingerprint density at radius 3 is 2.75 bits per heavy atom.